The lowest BCUT2D eigenvalue weighted by Crippen LogP contribution is -2.06. The van der Waals surface area contributed by atoms with Gasteiger partial charge in [-0.15, -0.1) is 0 Å². The van der Waals surface area contributed by atoms with Gasteiger partial charge < -0.3 is 10.3 Å². The third-order valence-electron chi connectivity index (χ3n) is 3.32. The molecule has 0 saturated heterocycles. The van der Waals surface area contributed by atoms with E-state index >= 15 is 0 Å². The summed E-state index contributed by atoms with van der Waals surface area (Å²) in [5.74, 6) is 1.65. The number of halogens is 2. The second-order valence-electron chi connectivity index (χ2n) is 4.74. The molecule has 0 amide bonds. The minimum Gasteiger partial charge on any atom is -0.383 e. The summed E-state index contributed by atoms with van der Waals surface area (Å²) in [7, 11) is 0. The monoisotopic (exact) mass is 311 g/mol. The van der Waals surface area contributed by atoms with Gasteiger partial charge in [0.2, 0.25) is 0 Å². The van der Waals surface area contributed by atoms with E-state index in [1.54, 1.807) is 12.1 Å². The van der Waals surface area contributed by atoms with Crippen LogP contribution >= 0.6 is 23.2 Å². The Bertz CT molecular complexity index is 605. The van der Waals surface area contributed by atoms with Crippen molar-refractivity contribution in [3.05, 3.63) is 34.1 Å². The average molecular weight is 312 g/mol. The molecule has 0 atom stereocenters. The van der Waals surface area contributed by atoms with Gasteiger partial charge in [-0.1, -0.05) is 43.5 Å². The molecule has 1 aromatic heterocycles. The Morgan fingerprint density at radius 3 is 2.65 bits per heavy atom. The van der Waals surface area contributed by atoms with Crippen molar-refractivity contribution in [3.8, 4) is 11.3 Å². The number of aromatic nitrogens is 2. The van der Waals surface area contributed by atoms with Gasteiger partial charge in [-0.3, -0.25) is 0 Å². The van der Waals surface area contributed by atoms with Crippen molar-refractivity contribution in [2.45, 2.75) is 39.7 Å². The molecule has 0 fully saturated rings. The van der Waals surface area contributed by atoms with E-state index in [-0.39, 0.29) is 0 Å². The molecule has 5 heteroatoms. The number of nitrogens with two attached hydrogens (primary N) is 1. The maximum atomic E-state index is 6.27. The van der Waals surface area contributed by atoms with Crippen LogP contribution in [-0.2, 0) is 13.0 Å². The molecule has 0 spiro atoms. The summed E-state index contributed by atoms with van der Waals surface area (Å²) in [5, 5.41) is 1.24. The number of nitrogen functional groups attached to an aromatic ring is 1. The van der Waals surface area contributed by atoms with Gasteiger partial charge in [0.25, 0.3) is 0 Å². The van der Waals surface area contributed by atoms with Crippen LogP contribution in [0.5, 0.6) is 0 Å². The smallest absolute Gasteiger partial charge is 0.131 e. The highest BCUT2D eigenvalue weighted by molar-refractivity contribution is 6.35. The number of anilines is 1. The number of nitrogens with zero attached hydrogens (tertiary/aromatic N) is 2. The normalized spacial score (nSPS) is 11.0. The first-order chi connectivity index (χ1) is 9.58. The molecule has 3 nitrogen and oxygen atoms in total. The number of unbranched alkanes of at least 4 members (excludes halogenated alkanes) is 1. The molecule has 0 radical (unpaired) electrons. The quantitative estimate of drug-likeness (QED) is 0.861. The van der Waals surface area contributed by atoms with Crippen LogP contribution in [0.25, 0.3) is 11.3 Å². The number of aryl methyl sites for hydroxylation is 1. The molecular weight excluding hydrogens is 293 g/mol. The van der Waals surface area contributed by atoms with Crippen LogP contribution in [0.2, 0.25) is 10.0 Å². The molecule has 0 saturated carbocycles. The molecule has 1 heterocycles. The first-order valence-corrected chi connectivity index (χ1v) is 7.64. The fraction of sp³-hybridized carbons (Fsp3) is 0.400. The molecule has 108 valence electrons. The van der Waals surface area contributed by atoms with Crippen LogP contribution in [-0.4, -0.2) is 9.55 Å². The van der Waals surface area contributed by atoms with E-state index in [0.717, 1.165) is 42.9 Å². The van der Waals surface area contributed by atoms with Crippen molar-refractivity contribution in [1.29, 1.82) is 0 Å². The van der Waals surface area contributed by atoms with Crippen LogP contribution in [0.1, 0.15) is 32.5 Å². The van der Waals surface area contributed by atoms with E-state index in [9.17, 15) is 0 Å². The summed E-state index contributed by atoms with van der Waals surface area (Å²) in [6, 6.07) is 5.35. The minimum absolute atomic E-state index is 0.615. The lowest BCUT2D eigenvalue weighted by molar-refractivity contribution is 0.612. The standard InChI is InChI=1S/C15H19Cl2N3/c1-3-5-8-20-13(4-2)19-14(15(20)18)11-9-10(16)6-7-12(11)17/h6-7,9H,3-5,8,18H2,1-2H3. The van der Waals surface area contributed by atoms with E-state index in [1.165, 1.54) is 0 Å². The van der Waals surface area contributed by atoms with Gasteiger partial charge in [0.15, 0.2) is 0 Å². The van der Waals surface area contributed by atoms with E-state index in [4.69, 9.17) is 28.9 Å². The molecule has 0 aliphatic carbocycles. The highest BCUT2D eigenvalue weighted by Gasteiger charge is 2.17. The van der Waals surface area contributed by atoms with Crippen molar-refractivity contribution >= 4 is 29.0 Å². The van der Waals surface area contributed by atoms with Gasteiger partial charge in [-0.05, 0) is 24.6 Å². The molecule has 0 bridgehead atoms. The van der Waals surface area contributed by atoms with Gasteiger partial charge in [-0.25, -0.2) is 4.98 Å². The van der Waals surface area contributed by atoms with E-state index in [2.05, 4.69) is 23.4 Å². The Labute approximate surface area is 129 Å². The Kier molecular flexibility index (Phi) is 4.95. The summed E-state index contributed by atoms with van der Waals surface area (Å²) >= 11 is 12.3. The summed E-state index contributed by atoms with van der Waals surface area (Å²) in [6.45, 7) is 5.12. The second kappa shape index (κ2) is 6.51. The SMILES string of the molecule is CCCCn1c(CC)nc(-c2cc(Cl)ccc2Cl)c1N. The molecule has 0 aliphatic rings. The minimum atomic E-state index is 0.615. The topological polar surface area (TPSA) is 43.8 Å². The number of hydrogen-bond acceptors (Lipinski definition) is 2. The summed E-state index contributed by atoms with van der Waals surface area (Å²) in [5.41, 5.74) is 7.79. The summed E-state index contributed by atoms with van der Waals surface area (Å²) in [6.07, 6.45) is 3.04. The van der Waals surface area contributed by atoms with Gasteiger partial charge in [0, 0.05) is 23.6 Å². The van der Waals surface area contributed by atoms with Gasteiger partial charge >= 0.3 is 0 Å². The zero-order chi connectivity index (χ0) is 14.7. The third-order valence-corrected chi connectivity index (χ3v) is 3.89. The number of hydrogen-bond donors (Lipinski definition) is 1. The maximum Gasteiger partial charge on any atom is 0.131 e. The van der Waals surface area contributed by atoms with Gasteiger partial charge in [0.05, 0.1) is 5.02 Å². The van der Waals surface area contributed by atoms with Crippen LogP contribution < -0.4 is 5.73 Å². The van der Waals surface area contributed by atoms with E-state index in [0.29, 0.717) is 15.9 Å². The van der Waals surface area contributed by atoms with Crippen molar-refractivity contribution in [2.24, 2.45) is 0 Å². The van der Waals surface area contributed by atoms with Gasteiger partial charge in [-0.2, -0.15) is 0 Å². The molecule has 1 aromatic carbocycles. The van der Waals surface area contributed by atoms with Crippen LogP contribution in [0.15, 0.2) is 18.2 Å². The van der Waals surface area contributed by atoms with Gasteiger partial charge in [0.1, 0.15) is 17.3 Å². The van der Waals surface area contributed by atoms with Crippen LogP contribution in [0, 0.1) is 0 Å². The Morgan fingerprint density at radius 2 is 2.00 bits per heavy atom. The molecule has 0 unspecified atom stereocenters. The molecule has 20 heavy (non-hydrogen) atoms. The highest BCUT2D eigenvalue weighted by atomic mass is 35.5. The summed E-state index contributed by atoms with van der Waals surface area (Å²) in [4.78, 5) is 4.65. The van der Waals surface area contributed by atoms with E-state index in [1.807, 2.05) is 6.07 Å². The Balaban J connectivity index is 2.52. The zero-order valence-electron chi connectivity index (χ0n) is 11.8. The number of rotatable bonds is 5. The fourth-order valence-corrected chi connectivity index (χ4v) is 2.61. The second-order valence-corrected chi connectivity index (χ2v) is 5.59. The number of benzene rings is 1. The lowest BCUT2D eigenvalue weighted by Gasteiger charge is -2.08. The fourth-order valence-electron chi connectivity index (χ4n) is 2.23. The molecule has 2 N–H and O–H groups in total. The maximum absolute atomic E-state index is 6.27. The largest absolute Gasteiger partial charge is 0.383 e. The average Bonchev–Trinajstić information content (AvgIpc) is 2.75. The summed E-state index contributed by atoms with van der Waals surface area (Å²) < 4.78 is 2.08. The first-order valence-electron chi connectivity index (χ1n) is 6.88. The molecule has 2 rings (SSSR count). The molecule has 2 aromatic rings. The predicted molar refractivity (Wildman–Crippen MR) is 86.4 cm³/mol. The lowest BCUT2D eigenvalue weighted by atomic mass is 10.1. The van der Waals surface area contributed by atoms with Crippen molar-refractivity contribution in [2.75, 3.05) is 5.73 Å². The molecular formula is C15H19Cl2N3. The van der Waals surface area contributed by atoms with E-state index < -0.39 is 0 Å². The van der Waals surface area contributed by atoms with Crippen molar-refractivity contribution < 1.29 is 0 Å². The predicted octanol–water partition coefficient (Wildman–Crippen LogP) is 4.80. The Hall–Kier alpha value is -1.19. The first kappa shape index (κ1) is 15.2. The van der Waals surface area contributed by atoms with Crippen molar-refractivity contribution in [3.63, 3.8) is 0 Å². The number of imidazole rings is 1. The third kappa shape index (κ3) is 2.94. The van der Waals surface area contributed by atoms with Crippen molar-refractivity contribution in [1.82, 2.24) is 9.55 Å². The van der Waals surface area contributed by atoms with Crippen LogP contribution in [0.3, 0.4) is 0 Å². The zero-order valence-corrected chi connectivity index (χ0v) is 13.3. The van der Waals surface area contributed by atoms with Crippen LogP contribution in [0.4, 0.5) is 5.82 Å². The highest BCUT2D eigenvalue weighted by Crippen LogP contribution is 2.34. The molecule has 0 aliphatic heterocycles. The Morgan fingerprint density at radius 1 is 1.25 bits per heavy atom.